The molecule has 0 fully saturated rings. The average Bonchev–Trinajstić information content (AvgIpc) is 2.90. The van der Waals surface area contributed by atoms with Crippen LogP contribution in [-0.4, -0.2) is 16.7 Å². The number of rotatable bonds is 6. The predicted octanol–water partition coefficient (Wildman–Crippen LogP) is 3.44. The first-order valence-electron chi connectivity index (χ1n) is 6.77. The van der Waals surface area contributed by atoms with Crippen LogP contribution in [0, 0.1) is 13.8 Å². The minimum absolute atomic E-state index is 0.327. The largest absolute Gasteiger partial charge is 0.310 e. The van der Waals surface area contributed by atoms with E-state index in [1.54, 1.807) is 0 Å². The van der Waals surface area contributed by atoms with Crippen molar-refractivity contribution in [3.63, 3.8) is 0 Å². The molecule has 4 heteroatoms. The van der Waals surface area contributed by atoms with E-state index in [4.69, 9.17) is 0 Å². The molecule has 1 unspecified atom stereocenters. The molecule has 0 spiro atoms. The first-order chi connectivity index (χ1) is 9.20. The lowest BCUT2D eigenvalue weighted by Gasteiger charge is -2.20. The molecular weight excluding hydrogens is 254 g/mol. The first-order valence-corrected chi connectivity index (χ1v) is 7.65. The molecule has 0 saturated heterocycles. The molecule has 2 rings (SSSR count). The van der Waals surface area contributed by atoms with Gasteiger partial charge in [-0.2, -0.15) is 10.2 Å². The Labute approximate surface area is 119 Å². The normalized spacial score (nSPS) is 12.6. The van der Waals surface area contributed by atoms with Crippen molar-refractivity contribution in [2.45, 2.75) is 39.7 Å². The zero-order valence-electron chi connectivity index (χ0n) is 11.8. The Morgan fingerprint density at radius 2 is 2.16 bits per heavy atom. The van der Waals surface area contributed by atoms with Crippen LogP contribution in [0.15, 0.2) is 23.6 Å². The molecule has 0 bridgehead atoms. The van der Waals surface area contributed by atoms with Gasteiger partial charge in [0.1, 0.15) is 0 Å². The topological polar surface area (TPSA) is 37.8 Å². The summed E-state index contributed by atoms with van der Waals surface area (Å²) in [7, 11) is 0. The van der Waals surface area contributed by atoms with E-state index in [1.165, 1.54) is 10.4 Å². The van der Waals surface area contributed by atoms with Gasteiger partial charge >= 0.3 is 0 Å². The minimum Gasteiger partial charge on any atom is -0.310 e. The summed E-state index contributed by atoms with van der Waals surface area (Å²) in [5.41, 5.74) is 3.28. The molecule has 0 aromatic carbocycles. The summed E-state index contributed by atoms with van der Waals surface area (Å²) >= 11 is 1.81. The van der Waals surface area contributed by atoms with E-state index in [-0.39, 0.29) is 0 Å². The molecule has 0 amide bonds. The van der Waals surface area contributed by atoms with E-state index < -0.39 is 0 Å². The van der Waals surface area contributed by atoms with E-state index in [9.17, 15) is 0 Å². The second-order valence-electron chi connectivity index (χ2n) is 4.82. The maximum absolute atomic E-state index is 4.25. The lowest BCUT2D eigenvalue weighted by Crippen LogP contribution is -2.25. The molecule has 19 heavy (non-hydrogen) atoms. The fourth-order valence-corrected chi connectivity index (χ4v) is 2.92. The third kappa shape index (κ3) is 3.85. The second-order valence-corrected chi connectivity index (χ2v) is 5.85. The highest BCUT2D eigenvalue weighted by Crippen LogP contribution is 2.23. The Bertz CT molecular complexity index is 508. The molecule has 0 saturated carbocycles. The van der Waals surface area contributed by atoms with Crippen molar-refractivity contribution in [3.8, 4) is 0 Å². The highest BCUT2D eigenvalue weighted by molar-refractivity contribution is 7.09. The lowest BCUT2D eigenvalue weighted by atomic mass is 10.0. The van der Waals surface area contributed by atoms with E-state index >= 15 is 0 Å². The highest BCUT2D eigenvalue weighted by atomic mass is 32.1. The van der Waals surface area contributed by atoms with E-state index in [0.717, 1.165) is 30.8 Å². The standard InChI is InChI=1S/C15H21N3S/c1-4-7-16-15(10-13-6-5-8-19-13)14-9-11(2)17-18-12(14)3/h5-6,8-9,15-16H,4,7,10H2,1-3H3. The Morgan fingerprint density at radius 1 is 1.32 bits per heavy atom. The molecule has 1 N–H and O–H groups in total. The Hall–Kier alpha value is -1.26. The number of thiophene rings is 1. The number of nitrogens with zero attached hydrogens (tertiary/aromatic N) is 2. The van der Waals surface area contributed by atoms with Crippen LogP contribution >= 0.6 is 11.3 Å². The molecule has 2 aromatic heterocycles. The third-order valence-corrected chi connectivity index (χ3v) is 4.04. The fraction of sp³-hybridized carbons (Fsp3) is 0.467. The van der Waals surface area contributed by atoms with Gasteiger partial charge in [0.15, 0.2) is 0 Å². The van der Waals surface area contributed by atoms with Crippen LogP contribution in [0.5, 0.6) is 0 Å². The van der Waals surface area contributed by atoms with Gasteiger partial charge in [-0.05, 0) is 49.9 Å². The van der Waals surface area contributed by atoms with Gasteiger partial charge in [-0.15, -0.1) is 11.3 Å². The number of hydrogen-bond acceptors (Lipinski definition) is 4. The number of nitrogens with one attached hydrogen (secondary N) is 1. The van der Waals surface area contributed by atoms with Crippen LogP contribution in [0.2, 0.25) is 0 Å². The van der Waals surface area contributed by atoms with Gasteiger partial charge < -0.3 is 5.32 Å². The maximum atomic E-state index is 4.25. The average molecular weight is 275 g/mol. The SMILES string of the molecule is CCCNC(Cc1cccs1)c1cc(C)nnc1C. The summed E-state index contributed by atoms with van der Waals surface area (Å²) in [4.78, 5) is 1.41. The van der Waals surface area contributed by atoms with Crippen LogP contribution in [0.4, 0.5) is 0 Å². The van der Waals surface area contributed by atoms with Gasteiger partial charge in [-0.1, -0.05) is 13.0 Å². The quantitative estimate of drug-likeness (QED) is 0.877. The smallest absolute Gasteiger partial charge is 0.0648 e. The molecule has 0 aliphatic carbocycles. The number of aromatic nitrogens is 2. The van der Waals surface area contributed by atoms with Gasteiger partial charge in [0.25, 0.3) is 0 Å². The third-order valence-electron chi connectivity index (χ3n) is 3.14. The van der Waals surface area contributed by atoms with Gasteiger partial charge in [-0.25, -0.2) is 0 Å². The maximum Gasteiger partial charge on any atom is 0.0648 e. The molecule has 0 radical (unpaired) electrons. The van der Waals surface area contributed by atoms with E-state index in [1.807, 2.05) is 25.2 Å². The Morgan fingerprint density at radius 3 is 2.84 bits per heavy atom. The Balaban J connectivity index is 2.23. The molecule has 0 aliphatic heterocycles. The summed E-state index contributed by atoms with van der Waals surface area (Å²) in [5.74, 6) is 0. The van der Waals surface area contributed by atoms with Crippen molar-refractivity contribution >= 4 is 11.3 Å². The van der Waals surface area contributed by atoms with Crippen molar-refractivity contribution in [2.24, 2.45) is 0 Å². The molecule has 0 aliphatic rings. The minimum atomic E-state index is 0.327. The summed E-state index contributed by atoms with van der Waals surface area (Å²) in [6.45, 7) is 7.25. The van der Waals surface area contributed by atoms with Crippen molar-refractivity contribution in [2.75, 3.05) is 6.54 Å². The molecule has 3 nitrogen and oxygen atoms in total. The van der Waals surface area contributed by atoms with Crippen LogP contribution in [0.1, 0.15) is 41.2 Å². The first kappa shape index (κ1) is 14.2. The zero-order chi connectivity index (χ0) is 13.7. The Kier molecular flexibility index (Phi) is 5.05. The number of hydrogen-bond donors (Lipinski definition) is 1. The van der Waals surface area contributed by atoms with Gasteiger partial charge in [-0.3, -0.25) is 0 Å². The van der Waals surface area contributed by atoms with E-state index in [0.29, 0.717) is 6.04 Å². The molecule has 2 heterocycles. The van der Waals surface area contributed by atoms with Crippen molar-refractivity contribution < 1.29 is 0 Å². The fourth-order valence-electron chi connectivity index (χ4n) is 2.16. The van der Waals surface area contributed by atoms with Crippen molar-refractivity contribution in [3.05, 3.63) is 45.4 Å². The molecule has 2 aromatic rings. The molecular formula is C15H21N3S. The zero-order valence-corrected chi connectivity index (χ0v) is 12.6. The molecule has 1 atom stereocenters. The van der Waals surface area contributed by atoms with Crippen LogP contribution in [0.25, 0.3) is 0 Å². The predicted molar refractivity (Wildman–Crippen MR) is 80.6 cm³/mol. The summed E-state index contributed by atoms with van der Waals surface area (Å²) in [5, 5.41) is 14.1. The van der Waals surface area contributed by atoms with Crippen molar-refractivity contribution in [1.82, 2.24) is 15.5 Å². The van der Waals surface area contributed by atoms with Crippen molar-refractivity contribution in [1.29, 1.82) is 0 Å². The van der Waals surface area contributed by atoms with Crippen LogP contribution in [0.3, 0.4) is 0 Å². The second kappa shape index (κ2) is 6.78. The molecule has 102 valence electrons. The highest BCUT2D eigenvalue weighted by Gasteiger charge is 2.15. The van der Waals surface area contributed by atoms with Crippen LogP contribution in [-0.2, 0) is 6.42 Å². The summed E-state index contributed by atoms with van der Waals surface area (Å²) in [6.07, 6.45) is 2.15. The number of aryl methyl sites for hydroxylation is 2. The lowest BCUT2D eigenvalue weighted by molar-refractivity contribution is 0.526. The summed E-state index contributed by atoms with van der Waals surface area (Å²) < 4.78 is 0. The monoisotopic (exact) mass is 275 g/mol. The van der Waals surface area contributed by atoms with Gasteiger partial charge in [0.05, 0.1) is 11.4 Å². The van der Waals surface area contributed by atoms with Crippen LogP contribution < -0.4 is 5.32 Å². The van der Waals surface area contributed by atoms with Gasteiger partial charge in [0, 0.05) is 17.3 Å². The van der Waals surface area contributed by atoms with Gasteiger partial charge in [0.2, 0.25) is 0 Å². The van der Waals surface area contributed by atoms with E-state index in [2.05, 4.69) is 46.0 Å². The summed E-state index contributed by atoms with van der Waals surface area (Å²) in [6, 6.07) is 6.79.